The van der Waals surface area contributed by atoms with E-state index in [1.807, 2.05) is 19.1 Å². The Balaban J connectivity index is 1.99. The summed E-state index contributed by atoms with van der Waals surface area (Å²) < 4.78 is 11.2. The van der Waals surface area contributed by atoms with Crippen molar-refractivity contribution in [3.05, 3.63) is 47.0 Å². The van der Waals surface area contributed by atoms with Crippen LogP contribution in [0.15, 0.2) is 30.3 Å². The van der Waals surface area contributed by atoms with Gasteiger partial charge >= 0.3 is 0 Å². The first-order chi connectivity index (χ1) is 10.0. The van der Waals surface area contributed by atoms with Gasteiger partial charge in [0, 0.05) is 11.5 Å². The van der Waals surface area contributed by atoms with Gasteiger partial charge < -0.3 is 19.7 Å². The molecule has 21 heavy (non-hydrogen) atoms. The van der Waals surface area contributed by atoms with Crippen LogP contribution in [0.2, 0.25) is 0 Å². The second-order valence-electron chi connectivity index (χ2n) is 5.43. The predicted octanol–water partition coefficient (Wildman–Crippen LogP) is 3.65. The zero-order valence-corrected chi connectivity index (χ0v) is 12.3. The molecule has 0 aromatic heterocycles. The number of aromatic hydroxyl groups is 2. The maximum absolute atomic E-state index is 9.87. The van der Waals surface area contributed by atoms with Crippen molar-refractivity contribution in [2.75, 3.05) is 7.11 Å². The molecule has 2 aromatic carbocycles. The molecular weight excluding hydrogens is 268 g/mol. The summed E-state index contributed by atoms with van der Waals surface area (Å²) in [6.07, 6.45) is -0.157. The standard InChI is InChI=1S/C17H18O4/c1-9-6-15-12(8-14(9)19)10(2)17(21-15)11-4-5-13(18)16(7-11)20-3/h4-8,10,17-19H,1-3H3/t10-,17-/m1/s1. The largest absolute Gasteiger partial charge is 0.508 e. The summed E-state index contributed by atoms with van der Waals surface area (Å²) >= 11 is 0. The van der Waals surface area contributed by atoms with E-state index in [1.54, 1.807) is 18.2 Å². The number of fused-ring (bicyclic) bond motifs is 1. The highest BCUT2D eigenvalue weighted by Gasteiger charge is 2.33. The van der Waals surface area contributed by atoms with Gasteiger partial charge in [-0.05, 0) is 42.3 Å². The molecule has 0 bridgehead atoms. The fourth-order valence-corrected chi connectivity index (χ4v) is 2.77. The molecule has 0 radical (unpaired) electrons. The lowest BCUT2D eigenvalue weighted by Crippen LogP contribution is -2.07. The number of hydrogen-bond donors (Lipinski definition) is 2. The third-order valence-corrected chi connectivity index (χ3v) is 4.06. The van der Waals surface area contributed by atoms with E-state index in [0.29, 0.717) is 5.75 Å². The molecule has 0 spiro atoms. The van der Waals surface area contributed by atoms with Crippen LogP contribution in [-0.4, -0.2) is 17.3 Å². The molecule has 2 atom stereocenters. The minimum Gasteiger partial charge on any atom is -0.508 e. The molecule has 0 amide bonds. The summed E-state index contributed by atoms with van der Waals surface area (Å²) in [5, 5.41) is 19.6. The molecule has 1 heterocycles. The lowest BCUT2D eigenvalue weighted by Gasteiger charge is -2.17. The molecular formula is C17H18O4. The van der Waals surface area contributed by atoms with Crippen LogP contribution in [-0.2, 0) is 0 Å². The van der Waals surface area contributed by atoms with E-state index in [-0.39, 0.29) is 23.5 Å². The van der Waals surface area contributed by atoms with Crippen LogP contribution in [0.1, 0.15) is 35.6 Å². The SMILES string of the molecule is COc1cc([C@@H]2Oc3cc(C)c(O)cc3[C@H]2C)ccc1O. The van der Waals surface area contributed by atoms with Gasteiger partial charge in [-0.15, -0.1) is 0 Å². The summed E-state index contributed by atoms with van der Waals surface area (Å²) in [5.74, 6) is 1.74. The Morgan fingerprint density at radius 1 is 1.10 bits per heavy atom. The molecule has 1 aliphatic rings. The second-order valence-corrected chi connectivity index (χ2v) is 5.43. The number of methoxy groups -OCH3 is 1. The number of benzene rings is 2. The van der Waals surface area contributed by atoms with Gasteiger partial charge in [0.05, 0.1) is 7.11 Å². The van der Waals surface area contributed by atoms with E-state index in [4.69, 9.17) is 9.47 Å². The fourth-order valence-electron chi connectivity index (χ4n) is 2.77. The summed E-state index contributed by atoms with van der Waals surface area (Å²) in [5.41, 5.74) is 2.73. The molecule has 4 nitrogen and oxygen atoms in total. The summed E-state index contributed by atoms with van der Waals surface area (Å²) in [4.78, 5) is 0. The quantitative estimate of drug-likeness (QED) is 0.884. The average Bonchev–Trinajstić information content (AvgIpc) is 2.77. The lowest BCUT2D eigenvalue weighted by molar-refractivity contribution is 0.215. The van der Waals surface area contributed by atoms with Crippen LogP contribution >= 0.6 is 0 Å². The smallest absolute Gasteiger partial charge is 0.160 e. The topological polar surface area (TPSA) is 58.9 Å². The van der Waals surface area contributed by atoms with Crippen LogP contribution in [0.25, 0.3) is 0 Å². The highest BCUT2D eigenvalue weighted by Crippen LogP contribution is 2.48. The van der Waals surface area contributed by atoms with Gasteiger partial charge in [0.15, 0.2) is 11.5 Å². The van der Waals surface area contributed by atoms with Crippen LogP contribution in [0.4, 0.5) is 0 Å². The normalized spacial score (nSPS) is 20.0. The average molecular weight is 286 g/mol. The van der Waals surface area contributed by atoms with Crippen molar-refractivity contribution >= 4 is 0 Å². The number of aryl methyl sites for hydroxylation is 1. The Morgan fingerprint density at radius 2 is 1.86 bits per heavy atom. The zero-order valence-electron chi connectivity index (χ0n) is 12.3. The number of phenols is 2. The van der Waals surface area contributed by atoms with Gasteiger partial charge in [0.2, 0.25) is 0 Å². The Morgan fingerprint density at radius 3 is 2.57 bits per heavy atom. The number of rotatable bonds is 2. The summed E-state index contributed by atoms with van der Waals surface area (Å²) in [7, 11) is 1.52. The van der Waals surface area contributed by atoms with Gasteiger partial charge in [-0.3, -0.25) is 0 Å². The molecule has 0 saturated heterocycles. The Bertz CT molecular complexity index is 693. The lowest BCUT2D eigenvalue weighted by atomic mass is 9.92. The van der Waals surface area contributed by atoms with E-state index >= 15 is 0 Å². The van der Waals surface area contributed by atoms with Crippen molar-refractivity contribution < 1.29 is 19.7 Å². The Hall–Kier alpha value is -2.36. The van der Waals surface area contributed by atoms with Crippen molar-refractivity contribution in [2.45, 2.75) is 25.9 Å². The monoisotopic (exact) mass is 286 g/mol. The maximum atomic E-state index is 9.87. The molecule has 3 rings (SSSR count). The van der Waals surface area contributed by atoms with Crippen LogP contribution in [0.5, 0.6) is 23.0 Å². The van der Waals surface area contributed by atoms with Gasteiger partial charge in [0.25, 0.3) is 0 Å². The number of hydrogen-bond acceptors (Lipinski definition) is 4. The predicted molar refractivity (Wildman–Crippen MR) is 79.3 cm³/mol. The van der Waals surface area contributed by atoms with Crippen LogP contribution in [0.3, 0.4) is 0 Å². The Kier molecular flexibility index (Phi) is 3.16. The molecule has 0 aliphatic carbocycles. The summed E-state index contributed by atoms with van der Waals surface area (Å²) in [6, 6.07) is 8.86. The highest BCUT2D eigenvalue weighted by atomic mass is 16.5. The number of phenolic OH excluding ortho intramolecular Hbond substituents is 2. The first kappa shape index (κ1) is 13.6. The molecule has 4 heteroatoms. The maximum Gasteiger partial charge on any atom is 0.160 e. The van der Waals surface area contributed by atoms with Gasteiger partial charge in [0.1, 0.15) is 17.6 Å². The molecule has 1 aliphatic heterocycles. The Labute approximate surface area is 123 Å². The van der Waals surface area contributed by atoms with Crippen molar-refractivity contribution in [2.24, 2.45) is 0 Å². The van der Waals surface area contributed by atoms with E-state index in [0.717, 1.165) is 22.4 Å². The molecule has 0 unspecified atom stereocenters. The van der Waals surface area contributed by atoms with Crippen LogP contribution in [0, 0.1) is 6.92 Å². The molecule has 110 valence electrons. The number of ether oxygens (including phenoxy) is 2. The minimum absolute atomic E-state index is 0.109. The van der Waals surface area contributed by atoms with Crippen LogP contribution < -0.4 is 9.47 Å². The first-order valence-corrected chi connectivity index (χ1v) is 6.88. The molecule has 2 N–H and O–H groups in total. The zero-order chi connectivity index (χ0) is 15.1. The second kappa shape index (κ2) is 4.88. The summed E-state index contributed by atoms with van der Waals surface area (Å²) in [6.45, 7) is 3.91. The van der Waals surface area contributed by atoms with E-state index in [9.17, 15) is 10.2 Å². The molecule has 2 aromatic rings. The third kappa shape index (κ3) is 2.17. The van der Waals surface area contributed by atoms with E-state index in [1.165, 1.54) is 7.11 Å². The van der Waals surface area contributed by atoms with Crippen molar-refractivity contribution in [3.8, 4) is 23.0 Å². The fraction of sp³-hybridized carbons (Fsp3) is 0.294. The van der Waals surface area contributed by atoms with E-state index < -0.39 is 0 Å². The van der Waals surface area contributed by atoms with Crippen molar-refractivity contribution in [3.63, 3.8) is 0 Å². The third-order valence-electron chi connectivity index (χ3n) is 4.06. The molecule has 0 fully saturated rings. The first-order valence-electron chi connectivity index (χ1n) is 6.88. The van der Waals surface area contributed by atoms with Crippen molar-refractivity contribution in [1.29, 1.82) is 0 Å². The van der Waals surface area contributed by atoms with Gasteiger partial charge in [-0.2, -0.15) is 0 Å². The molecule has 0 saturated carbocycles. The van der Waals surface area contributed by atoms with E-state index in [2.05, 4.69) is 6.92 Å². The van der Waals surface area contributed by atoms with Gasteiger partial charge in [-0.1, -0.05) is 13.0 Å². The minimum atomic E-state index is -0.157. The van der Waals surface area contributed by atoms with Crippen molar-refractivity contribution in [1.82, 2.24) is 0 Å². The van der Waals surface area contributed by atoms with Gasteiger partial charge in [-0.25, -0.2) is 0 Å². The highest BCUT2D eigenvalue weighted by molar-refractivity contribution is 5.51.